The van der Waals surface area contributed by atoms with Crippen molar-refractivity contribution in [3.8, 4) is 5.75 Å². The SMILES string of the molecule is Cc1ccc(OC2CCC(C3CCC(C)CC3)CC2)cc1. The summed E-state index contributed by atoms with van der Waals surface area (Å²) in [7, 11) is 0. The van der Waals surface area contributed by atoms with Gasteiger partial charge < -0.3 is 4.74 Å². The lowest BCUT2D eigenvalue weighted by Gasteiger charge is -2.37. The zero-order valence-electron chi connectivity index (χ0n) is 13.7. The third-order valence-electron chi connectivity index (χ3n) is 5.77. The van der Waals surface area contributed by atoms with E-state index in [1.54, 1.807) is 0 Å². The van der Waals surface area contributed by atoms with Crippen LogP contribution in [0.15, 0.2) is 24.3 Å². The van der Waals surface area contributed by atoms with Gasteiger partial charge in [0.1, 0.15) is 5.75 Å². The van der Waals surface area contributed by atoms with Crippen molar-refractivity contribution in [2.24, 2.45) is 17.8 Å². The normalized spacial score (nSPS) is 33.6. The largest absolute Gasteiger partial charge is 0.490 e. The van der Waals surface area contributed by atoms with E-state index in [1.807, 2.05) is 0 Å². The zero-order chi connectivity index (χ0) is 14.7. The van der Waals surface area contributed by atoms with Gasteiger partial charge in [-0.3, -0.25) is 0 Å². The van der Waals surface area contributed by atoms with Crippen LogP contribution in [0.1, 0.15) is 63.9 Å². The summed E-state index contributed by atoms with van der Waals surface area (Å²) in [5, 5.41) is 0. The lowest BCUT2D eigenvalue weighted by molar-refractivity contribution is 0.0937. The Labute approximate surface area is 130 Å². The smallest absolute Gasteiger partial charge is 0.119 e. The van der Waals surface area contributed by atoms with Gasteiger partial charge in [0.05, 0.1) is 6.10 Å². The van der Waals surface area contributed by atoms with Crippen LogP contribution in [0.25, 0.3) is 0 Å². The molecule has 3 rings (SSSR count). The Kier molecular flexibility index (Phi) is 4.87. The van der Waals surface area contributed by atoms with Crippen LogP contribution in [0.5, 0.6) is 5.75 Å². The van der Waals surface area contributed by atoms with Crippen LogP contribution in [0.2, 0.25) is 0 Å². The van der Waals surface area contributed by atoms with Crippen LogP contribution in [-0.2, 0) is 0 Å². The second-order valence-electron chi connectivity index (χ2n) is 7.49. The van der Waals surface area contributed by atoms with Crippen molar-refractivity contribution < 1.29 is 4.74 Å². The quantitative estimate of drug-likeness (QED) is 0.686. The number of benzene rings is 1. The van der Waals surface area contributed by atoms with E-state index in [9.17, 15) is 0 Å². The van der Waals surface area contributed by atoms with E-state index in [4.69, 9.17) is 4.74 Å². The average Bonchev–Trinajstić information content (AvgIpc) is 2.51. The first kappa shape index (κ1) is 14.9. The van der Waals surface area contributed by atoms with Crippen molar-refractivity contribution in [1.82, 2.24) is 0 Å². The molecule has 1 nitrogen and oxygen atoms in total. The molecule has 0 aromatic heterocycles. The van der Waals surface area contributed by atoms with E-state index in [-0.39, 0.29) is 0 Å². The summed E-state index contributed by atoms with van der Waals surface area (Å²) in [6.45, 7) is 4.54. The average molecular weight is 286 g/mol. The predicted octanol–water partition coefficient (Wildman–Crippen LogP) is 5.76. The molecule has 0 radical (unpaired) electrons. The molecule has 116 valence electrons. The third-order valence-corrected chi connectivity index (χ3v) is 5.77. The van der Waals surface area contributed by atoms with E-state index < -0.39 is 0 Å². The van der Waals surface area contributed by atoms with Crippen LogP contribution in [0, 0.1) is 24.7 Å². The van der Waals surface area contributed by atoms with E-state index in [2.05, 4.69) is 38.1 Å². The van der Waals surface area contributed by atoms with E-state index in [0.29, 0.717) is 6.10 Å². The minimum Gasteiger partial charge on any atom is -0.490 e. The molecular formula is C20H30O. The van der Waals surface area contributed by atoms with Crippen LogP contribution < -0.4 is 4.74 Å². The zero-order valence-corrected chi connectivity index (χ0v) is 13.7. The molecule has 0 spiro atoms. The molecule has 0 bridgehead atoms. The molecule has 2 saturated carbocycles. The van der Waals surface area contributed by atoms with Crippen molar-refractivity contribution in [2.75, 3.05) is 0 Å². The molecule has 1 aromatic rings. The molecule has 0 atom stereocenters. The molecule has 2 fully saturated rings. The number of rotatable bonds is 3. The predicted molar refractivity (Wildman–Crippen MR) is 88.7 cm³/mol. The number of hydrogen-bond donors (Lipinski definition) is 0. The molecule has 0 amide bonds. The van der Waals surface area contributed by atoms with Gasteiger partial charge in [-0.05, 0) is 75.3 Å². The van der Waals surface area contributed by atoms with Crippen molar-refractivity contribution in [2.45, 2.75) is 71.3 Å². The van der Waals surface area contributed by atoms with Gasteiger partial charge in [-0.1, -0.05) is 37.5 Å². The molecule has 1 aromatic carbocycles. The lowest BCUT2D eigenvalue weighted by Crippen LogP contribution is -2.29. The molecular weight excluding hydrogens is 256 g/mol. The maximum Gasteiger partial charge on any atom is 0.119 e. The van der Waals surface area contributed by atoms with Gasteiger partial charge in [-0.25, -0.2) is 0 Å². The van der Waals surface area contributed by atoms with Gasteiger partial charge in [-0.2, -0.15) is 0 Å². The summed E-state index contributed by atoms with van der Waals surface area (Å²) < 4.78 is 6.16. The fourth-order valence-electron chi connectivity index (χ4n) is 4.24. The molecule has 0 heterocycles. The highest BCUT2D eigenvalue weighted by Crippen LogP contribution is 2.40. The molecule has 0 saturated heterocycles. The second-order valence-corrected chi connectivity index (χ2v) is 7.49. The van der Waals surface area contributed by atoms with Crippen molar-refractivity contribution in [3.63, 3.8) is 0 Å². The van der Waals surface area contributed by atoms with E-state index >= 15 is 0 Å². The maximum absolute atomic E-state index is 6.16. The van der Waals surface area contributed by atoms with Crippen LogP contribution in [0.3, 0.4) is 0 Å². The highest BCUT2D eigenvalue weighted by molar-refractivity contribution is 5.26. The minimum absolute atomic E-state index is 0.450. The number of ether oxygens (including phenoxy) is 1. The molecule has 0 aliphatic heterocycles. The Bertz CT molecular complexity index is 420. The fraction of sp³-hybridized carbons (Fsp3) is 0.700. The van der Waals surface area contributed by atoms with Crippen molar-refractivity contribution in [3.05, 3.63) is 29.8 Å². The summed E-state index contributed by atoms with van der Waals surface area (Å²) in [5.41, 5.74) is 1.30. The van der Waals surface area contributed by atoms with E-state index in [1.165, 1.54) is 56.9 Å². The van der Waals surface area contributed by atoms with E-state index in [0.717, 1.165) is 23.5 Å². The van der Waals surface area contributed by atoms with Gasteiger partial charge in [0, 0.05) is 0 Å². The van der Waals surface area contributed by atoms with Crippen LogP contribution in [-0.4, -0.2) is 6.10 Å². The summed E-state index contributed by atoms with van der Waals surface area (Å²) in [6, 6.07) is 8.52. The fourth-order valence-corrected chi connectivity index (χ4v) is 4.24. The Balaban J connectivity index is 1.45. The molecule has 1 heteroatoms. The first-order chi connectivity index (χ1) is 10.2. The Morgan fingerprint density at radius 2 is 1.29 bits per heavy atom. The van der Waals surface area contributed by atoms with Crippen LogP contribution in [0.4, 0.5) is 0 Å². The van der Waals surface area contributed by atoms with Gasteiger partial charge in [0.15, 0.2) is 0 Å². The van der Waals surface area contributed by atoms with Crippen molar-refractivity contribution >= 4 is 0 Å². The van der Waals surface area contributed by atoms with Gasteiger partial charge >= 0.3 is 0 Å². The molecule has 0 N–H and O–H groups in total. The Morgan fingerprint density at radius 3 is 1.86 bits per heavy atom. The lowest BCUT2D eigenvalue weighted by atomic mass is 9.71. The highest BCUT2D eigenvalue weighted by Gasteiger charge is 2.30. The first-order valence-electron chi connectivity index (χ1n) is 8.94. The minimum atomic E-state index is 0.450. The van der Waals surface area contributed by atoms with Gasteiger partial charge in [0.25, 0.3) is 0 Å². The second kappa shape index (κ2) is 6.85. The summed E-state index contributed by atoms with van der Waals surface area (Å²) in [4.78, 5) is 0. The summed E-state index contributed by atoms with van der Waals surface area (Å²) in [5.74, 6) is 4.02. The molecule has 2 aliphatic rings. The maximum atomic E-state index is 6.16. The third kappa shape index (κ3) is 4.02. The first-order valence-corrected chi connectivity index (χ1v) is 8.94. The highest BCUT2D eigenvalue weighted by atomic mass is 16.5. The van der Waals surface area contributed by atoms with Gasteiger partial charge in [0.2, 0.25) is 0 Å². The monoisotopic (exact) mass is 286 g/mol. The number of aryl methyl sites for hydroxylation is 1. The Morgan fingerprint density at radius 1 is 0.762 bits per heavy atom. The molecule has 0 unspecified atom stereocenters. The van der Waals surface area contributed by atoms with Gasteiger partial charge in [-0.15, -0.1) is 0 Å². The molecule has 21 heavy (non-hydrogen) atoms. The topological polar surface area (TPSA) is 9.23 Å². The number of hydrogen-bond acceptors (Lipinski definition) is 1. The summed E-state index contributed by atoms with van der Waals surface area (Å²) in [6.07, 6.45) is 11.6. The van der Waals surface area contributed by atoms with Crippen LogP contribution >= 0.6 is 0 Å². The standard InChI is InChI=1S/C20H30O/c1-15-3-7-17(8-4-15)18-9-13-20(14-10-18)21-19-11-5-16(2)6-12-19/h5-6,11-12,15,17-18,20H,3-4,7-10,13-14H2,1-2H3. The Hall–Kier alpha value is -0.980. The molecule has 2 aliphatic carbocycles. The summed E-state index contributed by atoms with van der Waals surface area (Å²) >= 11 is 0. The van der Waals surface area contributed by atoms with Crippen molar-refractivity contribution in [1.29, 1.82) is 0 Å².